The first-order chi connectivity index (χ1) is 10.0. The molecule has 1 N–H and O–H groups in total. The Morgan fingerprint density at radius 2 is 2.05 bits per heavy atom. The third-order valence-corrected chi connectivity index (χ3v) is 3.37. The van der Waals surface area contributed by atoms with Gasteiger partial charge in [0.25, 0.3) is 5.91 Å². The SMILES string of the molecule is COc1cc(C)c(NC(=O)c2cccnc2)cc1C(C)C.Cl. The molecule has 0 aliphatic carbocycles. The molecule has 4 nitrogen and oxygen atoms in total. The molecule has 0 fully saturated rings. The van der Waals surface area contributed by atoms with Crippen LogP contribution < -0.4 is 10.1 Å². The van der Waals surface area contributed by atoms with Crippen molar-refractivity contribution in [3.05, 3.63) is 53.3 Å². The molecule has 0 atom stereocenters. The average molecular weight is 321 g/mol. The van der Waals surface area contributed by atoms with Crippen LogP contribution in [0.25, 0.3) is 0 Å². The van der Waals surface area contributed by atoms with Crippen LogP contribution in [0.5, 0.6) is 5.75 Å². The van der Waals surface area contributed by atoms with Crippen LogP contribution in [-0.2, 0) is 0 Å². The summed E-state index contributed by atoms with van der Waals surface area (Å²) in [4.78, 5) is 16.2. The molecule has 0 bridgehead atoms. The van der Waals surface area contributed by atoms with Gasteiger partial charge in [-0.15, -0.1) is 12.4 Å². The molecule has 118 valence electrons. The van der Waals surface area contributed by atoms with E-state index >= 15 is 0 Å². The van der Waals surface area contributed by atoms with E-state index < -0.39 is 0 Å². The molecule has 5 heteroatoms. The predicted molar refractivity (Wildman–Crippen MR) is 91.3 cm³/mol. The second kappa shape index (κ2) is 7.80. The molecule has 1 amide bonds. The fraction of sp³-hybridized carbons (Fsp3) is 0.294. The molecule has 22 heavy (non-hydrogen) atoms. The maximum Gasteiger partial charge on any atom is 0.257 e. The molecule has 1 aromatic heterocycles. The number of rotatable bonds is 4. The molecule has 1 heterocycles. The van der Waals surface area contributed by atoms with Gasteiger partial charge in [0.1, 0.15) is 5.75 Å². The first-order valence-electron chi connectivity index (χ1n) is 6.92. The van der Waals surface area contributed by atoms with Gasteiger partial charge in [-0.1, -0.05) is 13.8 Å². The Morgan fingerprint density at radius 1 is 1.32 bits per heavy atom. The van der Waals surface area contributed by atoms with Crippen LogP contribution in [0.2, 0.25) is 0 Å². The fourth-order valence-corrected chi connectivity index (χ4v) is 2.15. The number of hydrogen-bond donors (Lipinski definition) is 1. The van der Waals surface area contributed by atoms with Gasteiger partial charge in [0.05, 0.1) is 12.7 Å². The minimum Gasteiger partial charge on any atom is -0.496 e. The van der Waals surface area contributed by atoms with Gasteiger partial charge in [-0.05, 0) is 48.2 Å². The van der Waals surface area contributed by atoms with Gasteiger partial charge in [-0.25, -0.2) is 0 Å². The van der Waals surface area contributed by atoms with Crippen LogP contribution in [0.1, 0.15) is 41.3 Å². The van der Waals surface area contributed by atoms with Crippen LogP contribution in [0.3, 0.4) is 0 Å². The number of amides is 1. The maximum absolute atomic E-state index is 12.2. The Kier molecular flexibility index (Phi) is 6.38. The molecule has 0 spiro atoms. The van der Waals surface area contributed by atoms with E-state index in [4.69, 9.17) is 4.74 Å². The smallest absolute Gasteiger partial charge is 0.257 e. The highest BCUT2D eigenvalue weighted by molar-refractivity contribution is 6.04. The number of nitrogens with one attached hydrogen (secondary N) is 1. The molecular formula is C17H21ClN2O2. The summed E-state index contributed by atoms with van der Waals surface area (Å²) in [7, 11) is 1.66. The van der Waals surface area contributed by atoms with Gasteiger partial charge in [-0.2, -0.15) is 0 Å². The second-order valence-corrected chi connectivity index (χ2v) is 5.26. The summed E-state index contributed by atoms with van der Waals surface area (Å²) in [5, 5.41) is 2.94. The van der Waals surface area contributed by atoms with Gasteiger partial charge < -0.3 is 10.1 Å². The van der Waals surface area contributed by atoms with E-state index in [0.29, 0.717) is 11.5 Å². The fourth-order valence-electron chi connectivity index (χ4n) is 2.15. The van der Waals surface area contributed by atoms with Gasteiger partial charge in [0.2, 0.25) is 0 Å². The number of anilines is 1. The lowest BCUT2D eigenvalue weighted by atomic mass is 9.99. The predicted octanol–water partition coefficient (Wildman–Crippen LogP) is 4.20. The molecule has 1 aromatic carbocycles. The zero-order chi connectivity index (χ0) is 15.4. The minimum atomic E-state index is -0.161. The van der Waals surface area contributed by atoms with Crippen molar-refractivity contribution in [2.24, 2.45) is 0 Å². The largest absolute Gasteiger partial charge is 0.496 e. The lowest BCUT2D eigenvalue weighted by Crippen LogP contribution is -2.13. The van der Waals surface area contributed by atoms with E-state index in [9.17, 15) is 4.79 Å². The molecule has 0 aliphatic heterocycles. The Labute approximate surface area is 137 Å². The number of aromatic nitrogens is 1. The maximum atomic E-state index is 12.2. The molecule has 2 rings (SSSR count). The van der Waals surface area contributed by atoms with Crippen LogP contribution in [0.15, 0.2) is 36.7 Å². The van der Waals surface area contributed by atoms with E-state index in [-0.39, 0.29) is 18.3 Å². The molecular weight excluding hydrogens is 300 g/mol. The van der Waals surface area contributed by atoms with Crippen molar-refractivity contribution in [3.63, 3.8) is 0 Å². The van der Waals surface area contributed by atoms with Gasteiger partial charge in [0.15, 0.2) is 0 Å². The molecule has 0 radical (unpaired) electrons. The number of hydrogen-bond acceptors (Lipinski definition) is 3. The summed E-state index contributed by atoms with van der Waals surface area (Å²) < 4.78 is 5.41. The highest BCUT2D eigenvalue weighted by Gasteiger charge is 2.13. The van der Waals surface area contributed by atoms with E-state index in [2.05, 4.69) is 24.1 Å². The topological polar surface area (TPSA) is 51.2 Å². The molecule has 0 aliphatic rings. The van der Waals surface area contributed by atoms with Crippen LogP contribution in [-0.4, -0.2) is 18.0 Å². The van der Waals surface area contributed by atoms with E-state index in [0.717, 1.165) is 22.6 Å². The van der Waals surface area contributed by atoms with Crippen molar-refractivity contribution >= 4 is 24.0 Å². The number of carbonyl (C=O) groups excluding carboxylic acids is 1. The van der Waals surface area contributed by atoms with Crippen molar-refractivity contribution in [2.75, 3.05) is 12.4 Å². The van der Waals surface area contributed by atoms with Crippen molar-refractivity contribution < 1.29 is 9.53 Å². The van der Waals surface area contributed by atoms with Crippen LogP contribution in [0, 0.1) is 6.92 Å². The standard InChI is InChI=1S/C17H20N2O2.ClH/c1-11(2)14-9-15(12(3)8-16(14)21-4)19-17(20)13-6-5-7-18-10-13;/h5-11H,1-4H3,(H,19,20);1H. The van der Waals surface area contributed by atoms with E-state index in [1.807, 2.05) is 19.1 Å². The summed E-state index contributed by atoms with van der Waals surface area (Å²) in [5.74, 6) is 1.00. The normalized spacial score (nSPS) is 10.0. The first-order valence-corrected chi connectivity index (χ1v) is 6.92. The number of halogens is 1. The summed E-state index contributed by atoms with van der Waals surface area (Å²) in [5.41, 5.74) is 3.38. The number of pyridine rings is 1. The Hall–Kier alpha value is -2.07. The summed E-state index contributed by atoms with van der Waals surface area (Å²) in [6.07, 6.45) is 3.20. The summed E-state index contributed by atoms with van der Waals surface area (Å²) in [6.45, 7) is 6.14. The van der Waals surface area contributed by atoms with Crippen molar-refractivity contribution in [1.82, 2.24) is 4.98 Å². The van der Waals surface area contributed by atoms with Gasteiger partial charge in [0, 0.05) is 18.1 Å². The Balaban J connectivity index is 0.00000242. The second-order valence-electron chi connectivity index (χ2n) is 5.26. The third kappa shape index (κ3) is 3.98. The molecule has 0 saturated carbocycles. The van der Waals surface area contributed by atoms with Crippen molar-refractivity contribution in [3.8, 4) is 5.75 Å². The number of ether oxygens (including phenoxy) is 1. The van der Waals surface area contributed by atoms with Crippen LogP contribution >= 0.6 is 12.4 Å². The molecule has 0 saturated heterocycles. The van der Waals surface area contributed by atoms with Crippen LogP contribution in [0.4, 0.5) is 5.69 Å². The summed E-state index contributed by atoms with van der Waals surface area (Å²) in [6, 6.07) is 7.42. The quantitative estimate of drug-likeness (QED) is 0.918. The summed E-state index contributed by atoms with van der Waals surface area (Å²) >= 11 is 0. The first kappa shape index (κ1) is 18.0. The van der Waals surface area contributed by atoms with Crippen molar-refractivity contribution in [1.29, 1.82) is 0 Å². The molecule has 2 aromatic rings. The van der Waals surface area contributed by atoms with Gasteiger partial charge in [-0.3, -0.25) is 9.78 Å². The number of methoxy groups -OCH3 is 1. The van der Waals surface area contributed by atoms with Crippen molar-refractivity contribution in [2.45, 2.75) is 26.7 Å². The minimum absolute atomic E-state index is 0. The highest BCUT2D eigenvalue weighted by Crippen LogP contribution is 2.32. The van der Waals surface area contributed by atoms with E-state index in [1.54, 1.807) is 31.6 Å². The lowest BCUT2D eigenvalue weighted by Gasteiger charge is -2.16. The Bertz CT molecular complexity index is 643. The number of aryl methyl sites for hydroxylation is 1. The zero-order valence-electron chi connectivity index (χ0n) is 13.2. The zero-order valence-corrected chi connectivity index (χ0v) is 14.0. The van der Waals surface area contributed by atoms with Gasteiger partial charge >= 0.3 is 0 Å². The number of carbonyl (C=O) groups is 1. The monoisotopic (exact) mass is 320 g/mol. The number of nitrogens with zero attached hydrogens (tertiary/aromatic N) is 1. The van der Waals surface area contributed by atoms with E-state index in [1.165, 1.54) is 0 Å². The average Bonchev–Trinajstić information content (AvgIpc) is 2.49. The lowest BCUT2D eigenvalue weighted by molar-refractivity contribution is 0.102. The highest BCUT2D eigenvalue weighted by atomic mass is 35.5. The third-order valence-electron chi connectivity index (χ3n) is 3.37. The number of benzene rings is 1. The Morgan fingerprint density at radius 3 is 2.59 bits per heavy atom. The molecule has 0 unspecified atom stereocenters.